The van der Waals surface area contributed by atoms with Gasteiger partial charge in [0.1, 0.15) is 0 Å². The molecule has 90 valence electrons. The summed E-state index contributed by atoms with van der Waals surface area (Å²) < 4.78 is 24.2. The highest BCUT2D eigenvalue weighted by Crippen LogP contribution is 2.06. The standard InChI is InChI=1S/C9H18F2N2O2/c1-6(2)8(12)9(15)13(3-4-14)5-7(10)11/h6-8,14H,3-5,12H2,1-2H3/t8-/m0/s1. The molecule has 0 bridgehead atoms. The zero-order chi connectivity index (χ0) is 12.0. The second-order valence-corrected chi connectivity index (χ2v) is 3.67. The Balaban J connectivity index is 4.40. The van der Waals surface area contributed by atoms with Crippen LogP contribution in [-0.2, 0) is 4.79 Å². The molecule has 0 radical (unpaired) electrons. The summed E-state index contributed by atoms with van der Waals surface area (Å²) in [6, 6.07) is -0.796. The van der Waals surface area contributed by atoms with E-state index in [-0.39, 0.29) is 19.1 Å². The average molecular weight is 224 g/mol. The van der Waals surface area contributed by atoms with Crippen LogP contribution < -0.4 is 5.73 Å². The molecule has 0 saturated carbocycles. The van der Waals surface area contributed by atoms with Crippen molar-refractivity contribution in [3.8, 4) is 0 Å². The van der Waals surface area contributed by atoms with Crippen LogP contribution in [0.2, 0.25) is 0 Å². The average Bonchev–Trinajstić information content (AvgIpc) is 2.14. The molecule has 0 heterocycles. The number of rotatable bonds is 6. The van der Waals surface area contributed by atoms with Gasteiger partial charge in [-0.3, -0.25) is 4.79 Å². The highest BCUT2D eigenvalue weighted by Gasteiger charge is 2.25. The van der Waals surface area contributed by atoms with Gasteiger partial charge in [-0.05, 0) is 5.92 Å². The van der Waals surface area contributed by atoms with Gasteiger partial charge in [0.15, 0.2) is 0 Å². The van der Waals surface area contributed by atoms with Crippen LogP contribution in [0.15, 0.2) is 0 Å². The van der Waals surface area contributed by atoms with Crippen LogP contribution in [0.4, 0.5) is 8.78 Å². The van der Waals surface area contributed by atoms with E-state index >= 15 is 0 Å². The van der Waals surface area contributed by atoms with E-state index in [9.17, 15) is 13.6 Å². The largest absolute Gasteiger partial charge is 0.395 e. The molecule has 0 rings (SSSR count). The fraction of sp³-hybridized carbons (Fsp3) is 0.889. The number of nitrogens with two attached hydrogens (primary N) is 1. The van der Waals surface area contributed by atoms with E-state index in [1.807, 2.05) is 0 Å². The molecule has 0 aromatic heterocycles. The van der Waals surface area contributed by atoms with Gasteiger partial charge in [0.05, 0.1) is 19.2 Å². The van der Waals surface area contributed by atoms with Crippen molar-refractivity contribution in [1.82, 2.24) is 4.90 Å². The van der Waals surface area contributed by atoms with E-state index in [0.29, 0.717) is 0 Å². The van der Waals surface area contributed by atoms with Gasteiger partial charge < -0.3 is 15.7 Å². The molecule has 4 nitrogen and oxygen atoms in total. The number of carbonyl (C=O) groups excluding carboxylic acids is 1. The van der Waals surface area contributed by atoms with E-state index in [1.165, 1.54) is 0 Å². The summed E-state index contributed by atoms with van der Waals surface area (Å²) in [6.07, 6.45) is -2.61. The molecule has 1 atom stereocenters. The first-order valence-corrected chi connectivity index (χ1v) is 4.83. The Bertz CT molecular complexity index is 201. The molecule has 0 saturated heterocycles. The third-order valence-electron chi connectivity index (χ3n) is 2.04. The molecule has 6 heteroatoms. The first kappa shape index (κ1) is 14.2. The summed E-state index contributed by atoms with van der Waals surface area (Å²) in [7, 11) is 0. The Morgan fingerprint density at radius 2 is 2.00 bits per heavy atom. The van der Waals surface area contributed by atoms with Gasteiger partial charge in [0.25, 0.3) is 6.43 Å². The number of alkyl halides is 2. The molecule has 0 aromatic carbocycles. The summed E-state index contributed by atoms with van der Waals surface area (Å²) in [6.45, 7) is 2.34. The molecule has 1 amide bonds. The molecular formula is C9H18F2N2O2. The molecule has 0 aliphatic carbocycles. The minimum atomic E-state index is -2.61. The Hall–Kier alpha value is -0.750. The first-order valence-electron chi connectivity index (χ1n) is 4.83. The zero-order valence-electron chi connectivity index (χ0n) is 8.99. The molecule has 15 heavy (non-hydrogen) atoms. The van der Waals surface area contributed by atoms with Gasteiger partial charge in [-0.1, -0.05) is 13.8 Å². The molecule has 0 unspecified atom stereocenters. The number of amides is 1. The van der Waals surface area contributed by atoms with Gasteiger partial charge in [0, 0.05) is 6.54 Å². The van der Waals surface area contributed by atoms with Gasteiger partial charge >= 0.3 is 0 Å². The van der Waals surface area contributed by atoms with Crippen molar-refractivity contribution in [2.24, 2.45) is 11.7 Å². The van der Waals surface area contributed by atoms with Crippen molar-refractivity contribution in [3.05, 3.63) is 0 Å². The topological polar surface area (TPSA) is 66.6 Å². The Labute approximate surface area is 88.0 Å². The van der Waals surface area contributed by atoms with Crippen LogP contribution in [0.1, 0.15) is 13.8 Å². The monoisotopic (exact) mass is 224 g/mol. The number of hydrogen-bond acceptors (Lipinski definition) is 3. The normalized spacial score (nSPS) is 13.3. The maximum absolute atomic E-state index is 12.1. The lowest BCUT2D eigenvalue weighted by Gasteiger charge is -2.26. The number of aliphatic hydroxyl groups is 1. The number of aliphatic hydroxyl groups excluding tert-OH is 1. The lowest BCUT2D eigenvalue weighted by Crippen LogP contribution is -2.48. The molecular weight excluding hydrogens is 206 g/mol. The minimum absolute atomic E-state index is 0.108. The van der Waals surface area contributed by atoms with Crippen LogP contribution in [-0.4, -0.2) is 48.1 Å². The van der Waals surface area contributed by atoms with Crippen molar-refractivity contribution in [3.63, 3.8) is 0 Å². The Morgan fingerprint density at radius 3 is 2.33 bits per heavy atom. The van der Waals surface area contributed by atoms with Crippen LogP contribution in [0.5, 0.6) is 0 Å². The van der Waals surface area contributed by atoms with E-state index in [4.69, 9.17) is 10.8 Å². The maximum atomic E-state index is 12.1. The van der Waals surface area contributed by atoms with Crippen molar-refractivity contribution in [2.45, 2.75) is 26.3 Å². The number of nitrogens with zero attached hydrogens (tertiary/aromatic N) is 1. The summed E-state index contributed by atoms with van der Waals surface area (Å²) in [5, 5.41) is 8.64. The van der Waals surface area contributed by atoms with Crippen molar-refractivity contribution < 1.29 is 18.7 Å². The lowest BCUT2D eigenvalue weighted by molar-refractivity contribution is -0.136. The molecule has 0 fully saturated rings. The minimum Gasteiger partial charge on any atom is -0.395 e. The SMILES string of the molecule is CC(C)[C@H](N)C(=O)N(CCO)CC(F)F. The van der Waals surface area contributed by atoms with Crippen LogP contribution >= 0.6 is 0 Å². The van der Waals surface area contributed by atoms with Crippen LogP contribution in [0.3, 0.4) is 0 Å². The van der Waals surface area contributed by atoms with Gasteiger partial charge in [-0.15, -0.1) is 0 Å². The van der Waals surface area contributed by atoms with Gasteiger partial charge in [-0.2, -0.15) is 0 Å². The molecule has 0 aromatic rings. The predicted molar refractivity (Wildman–Crippen MR) is 52.5 cm³/mol. The fourth-order valence-corrected chi connectivity index (χ4v) is 1.07. The van der Waals surface area contributed by atoms with Crippen molar-refractivity contribution in [1.29, 1.82) is 0 Å². The predicted octanol–water partition coefficient (Wildman–Crippen LogP) is 0.0557. The summed E-state index contributed by atoms with van der Waals surface area (Å²) >= 11 is 0. The molecule has 3 N–H and O–H groups in total. The second kappa shape index (κ2) is 6.68. The second-order valence-electron chi connectivity index (χ2n) is 3.67. The third-order valence-corrected chi connectivity index (χ3v) is 2.04. The third kappa shape index (κ3) is 5.03. The van der Waals surface area contributed by atoms with Gasteiger partial charge in [0.2, 0.25) is 5.91 Å². The van der Waals surface area contributed by atoms with Gasteiger partial charge in [-0.25, -0.2) is 8.78 Å². The van der Waals surface area contributed by atoms with E-state index in [2.05, 4.69) is 0 Å². The van der Waals surface area contributed by atoms with E-state index in [1.54, 1.807) is 13.8 Å². The first-order chi connectivity index (χ1) is 6.90. The van der Waals surface area contributed by atoms with Crippen molar-refractivity contribution >= 4 is 5.91 Å². The van der Waals surface area contributed by atoms with Crippen LogP contribution in [0.25, 0.3) is 0 Å². The van der Waals surface area contributed by atoms with Crippen LogP contribution in [0, 0.1) is 5.92 Å². The maximum Gasteiger partial charge on any atom is 0.255 e. The number of carbonyl (C=O) groups is 1. The quantitative estimate of drug-likeness (QED) is 0.670. The summed E-state index contributed by atoms with van der Waals surface area (Å²) in [5.41, 5.74) is 5.55. The Kier molecular flexibility index (Phi) is 6.35. The number of hydrogen-bond donors (Lipinski definition) is 2. The highest BCUT2D eigenvalue weighted by molar-refractivity contribution is 5.81. The summed E-state index contributed by atoms with van der Waals surface area (Å²) in [4.78, 5) is 12.5. The lowest BCUT2D eigenvalue weighted by atomic mass is 10.0. The van der Waals surface area contributed by atoms with Crippen molar-refractivity contribution in [2.75, 3.05) is 19.7 Å². The molecule has 0 aliphatic rings. The number of halogens is 2. The van der Waals surface area contributed by atoms with E-state index in [0.717, 1.165) is 4.90 Å². The molecule has 0 spiro atoms. The fourth-order valence-electron chi connectivity index (χ4n) is 1.07. The Morgan fingerprint density at radius 1 is 1.47 bits per heavy atom. The molecule has 0 aliphatic heterocycles. The highest BCUT2D eigenvalue weighted by atomic mass is 19.3. The van der Waals surface area contributed by atoms with E-state index < -0.39 is 24.9 Å². The smallest absolute Gasteiger partial charge is 0.255 e. The summed E-state index contributed by atoms with van der Waals surface area (Å²) in [5.74, 6) is -0.657. The zero-order valence-corrected chi connectivity index (χ0v) is 8.99.